The Labute approximate surface area is 181 Å². The van der Waals surface area contributed by atoms with Crippen LogP contribution in [0.25, 0.3) is 28.0 Å². The highest BCUT2D eigenvalue weighted by molar-refractivity contribution is 5.88. The number of aromatic nitrogens is 5. The first-order valence-electron chi connectivity index (χ1n) is 10.4. The fourth-order valence-electron chi connectivity index (χ4n) is 3.79. The molecule has 0 unspecified atom stereocenters. The van der Waals surface area contributed by atoms with Crippen LogP contribution in [0.2, 0.25) is 0 Å². The van der Waals surface area contributed by atoms with Gasteiger partial charge in [-0.1, -0.05) is 37.3 Å². The highest BCUT2D eigenvalue weighted by Crippen LogP contribution is 2.32. The maximum atomic E-state index is 13.1. The van der Waals surface area contributed by atoms with Gasteiger partial charge in [-0.15, -0.1) is 9.50 Å². The topological polar surface area (TPSA) is 95.6 Å². The van der Waals surface area contributed by atoms with Gasteiger partial charge in [-0.3, -0.25) is 10.7 Å². The second-order valence-corrected chi connectivity index (χ2v) is 7.83. The maximum absolute atomic E-state index is 13.1. The van der Waals surface area contributed by atoms with Gasteiger partial charge >= 0.3 is 11.6 Å². The van der Waals surface area contributed by atoms with Crippen molar-refractivity contribution >= 4 is 11.6 Å². The van der Waals surface area contributed by atoms with Crippen LogP contribution in [0.1, 0.15) is 18.3 Å². The third-order valence-electron chi connectivity index (χ3n) is 5.47. The molecule has 3 heterocycles. The Morgan fingerprint density at radius 1 is 1.10 bits per heavy atom. The molecule has 0 fully saturated rings. The number of nitrogens with two attached hydrogens (primary N) is 1. The van der Waals surface area contributed by atoms with Crippen molar-refractivity contribution in [3.8, 4) is 22.4 Å². The van der Waals surface area contributed by atoms with Crippen molar-refractivity contribution < 1.29 is 4.98 Å². The van der Waals surface area contributed by atoms with E-state index in [2.05, 4.69) is 21.8 Å². The van der Waals surface area contributed by atoms with E-state index in [1.165, 1.54) is 9.08 Å². The number of nitrogen functional groups attached to an aromatic ring is 1. The molecule has 4 rings (SSSR count). The summed E-state index contributed by atoms with van der Waals surface area (Å²) in [5, 5.41) is 4.72. The lowest BCUT2D eigenvalue weighted by molar-refractivity contribution is -0.351. The third-order valence-corrected chi connectivity index (χ3v) is 5.47. The van der Waals surface area contributed by atoms with Crippen molar-refractivity contribution in [2.75, 3.05) is 25.9 Å². The summed E-state index contributed by atoms with van der Waals surface area (Å²) in [6, 6.07) is 14.0. The molecule has 0 bridgehead atoms. The number of rotatable bonds is 6. The van der Waals surface area contributed by atoms with E-state index in [4.69, 9.17) is 10.8 Å². The monoisotopic (exact) mass is 418 g/mol. The highest BCUT2D eigenvalue weighted by atomic mass is 16.2. The summed E-state index contributed by atoms with van der Waals surface area (Å²) in [6.45, 7) is 8.11. The lowest BCUT2D eigenvalue weighted by Gasteiger charge is -2.12. The van der Waals surface area contributed by atoms with Gasteiger partial charge in [0.25, 0.3) is 0 Å². The summed E-state index contributed by atoms with van der Waals surface area (Å²) >= 11 is 0. The number of hydrogen-bond acceptors (Lipinski definition) is 5. The molecule has 31 heavy (non-hydrogen) atoms. The normalized spacial score (nSPS) is 11.5. The second kappa shape index (κ2) is 8.31. The van der Waals surface area contributed by atoms with Crippen molar-refractivity contribution in [2.45, 2.75) is 27.3 Å². The van der Waals surface area contributed by atoms with Gasteiger partial charge in [0.05, 0.1) is 12.1 Å². The summed E-state index contributed by atoms with van der Waals surface area (Å²) in [5.74, 6) is 0.250. The molecule has 0 spiro atoms. The average Bonchev–Trinajstić information content (AvgIpc) is 3.08. The molecule has 8 heteroatoms. The zero-order chi connectivity index (χ0) is 22.1. The van der Waals surface area contributed by atoms with Gasteiger partial charge in [0.1, 0.15) is 5.69 Å². The average molecular weight is 419 g/mol. The molecule has 160 valence electrons. The number of hydrogen-bond donors (Lipinski definition) is 1. The molecule has 0 amide bonds. The highest BCUT2D eigenvalue weighted by Gasteiger charge is 2.25. The van der Waals surface area contributed by atoms with E-state index in [1.807, 2.05) is 63.4 Å². The van der Waals surface area contributed by atoms with Crippen molar-refractivity contribution in [1.29, 1.82) is 0 Å². The van der Waals surface area contributed by atoms with Crippen molar-refractivity contribution in [3.05, 3.63) is 64.3 Å². The number of nitrogens with one attached hydrogen (secondary N) is 1. The van der Waals surface area contributed by atoms with Crippen LogP contribution in [-0.4, -0.2) is 44.2 Å². The standard InChI is InChI=1S/C23H27N7O/c1-5-28(4)11-12-29-23(31)30-21(27-29)19(18-13-15(2)25-16(3)14-18)20(26-22(30)24)17-9-7-6-8-10-17/h6-10,13-14H,5,11-12H2,1-4H3,(H2,24,26)/p+1. The van der Waals surface area contributed by atoms with Gasteiger partial charge in [0, 0.05) is 23.5 Å². The number of H-pyrrole nitrogens is 1. The zero-order valence-electron chi connectivity index (χ0n) is 18.4. The van der Waals surface area contributed by atoms with Gasteiger partial charge in [0.15, 0.2) is 0 Å². The van der Waals surface area contributed by atoms with Crippen LogP contribution in [0, 0.1) is 13.8 Å². The van der Waals surface area contributed by atoms with Crippen LogP contribution in [-0.2, 0) is 6.54 Å². The number of aryl methyl sites for hydroxylation is 2. The molecule has 8 nitrogen and oxygen atoms in total. The molecule has 0 aliphatic carbocycles. The minimum Gasteiger partial charge on any atom is -0.305 e. The van der Waals surface area contributed by atoms with E-state index in [-0.39, 0.29) is 11.6 Å². The summed E-state index contributed by atoms with van der Waals surface area (Å²) in [6.07, 6.45) is 0. The fraction of sp³-hybridized carbons (Fsp3) is 0.304. The Morgan fingerprint density at radius 3 is 2.42 bits per heavy atom. The quantitative estimate of drug-likeness (QED) is 0.518. The molecule has 1 aromatic carbocycles. The molecule has 0 atom stereocenters. The van der Waals surface area contributed by atoms with Crippen LogP contribution < -0.4 is 16.4 Å². The molecule has 0 aliphatic rings. The molecular weight excluding hydrogens is 390 g/mol. The smallest absolute Gasteiger partial charge is 0.305 e. The lowest BCUT2D eigenvalue weighted by Crippen LogP contribution is -2.31. The predicted octanol–water partition coefficient (Wildman–Crippen LogP) is 2.19. The fourth-order valence-corrected chi connectivity index (χ4v) is 3.79. The van der Waals surface area contributed by atoms with E-state index >= 15 is 0 Å². The van der Waals surface area contributed by atoms with Crippen molar-refractivity contribution in [2.24, 2.45) is 0 Å². The van der Waals surface area contributed by atoms with Crippen LogP contribution in [0.15, 0.2) is 47.3 Å². The lowest BCUT2D eigenvalue weighted by atomic mass is 9.99. The Balaban J connectivity index is 2.03. The molecule has 0 radical (unpaired) electrons. The van der Waals surface area contributed by atoms with E-state index < -0.39 is 0 Å². The first-order valence-corrected chi connectivity index (χ1v) is 10.4. The van der Waals surface area contributed by atoms with E-state index in [0.717, 1.165) is 46.9 Å². The predicted molar refractivity (Wildman–Crippen MR) is 122 cm³/mol. The Hall–Kier alpha value is -3.52. The van der Waals surface area contributed by atoms with Gasteiger partial charge in [-0.25, -0.2) is 9.78 Å². The summed E-state index contributed by atoms with van der Waals surface area (Å²) < 4.78 is 2.95. The summed E-state index contributed by atoms with van der Waals surface area (Å²) in [7, 11) is 2.02. The van der Waals surface area contributed by atoms with Crippen LogP contribution in [0.3, 0.4) is 0 Å². The summed E-state index contributed by atoms with van der Waals surface area (Å²) in [4.78, 5) is 23.1. The van der Waals surface area contributed by atoms with Gasteiger partial charge < -0.3 is 4.90 Å². The molecular formula is C23H28N7O+. The number of nitrogens with zero attached hydrogens (tertiary/aromatic N) is 5. The number of fused-ring (bicyclic) bond motifs is 1. The van der Waals surface area contributed by atoms with Crippen molar-refractivity contribution in [1.82, 2.24) is 24.1 Å². The number of aromatic amines is 1. The van der Waals surface area contributed by atoms with Gasteiger partial charge in [0.2, 0.25) is 5.65 Å². The number of likely N-dealkylation sites (N-methyl/N-ethyl adjacent to an activating group) is 1. The van der Waals surface area contributed by atoms with E-state index in [1.54, 1.807) is 0 Å². The van der Waals surface area contributed by atoms with Crippen LogP contribution in [0.5, 0.6) is 0 Å². The SMILES string of the molecule is CCN(C)CCn1nc2c(-c3cc(C)nc(C)c3)c(-c3ccccc3)[nH+]c(N)n2c1=O. The number of anilines is 1. The summed E-state index contributed by atoms with van der Waals surface area (Å²) in [5.41, 5.74) is 12.0. The Bertz CT molecular complexity index is 1270. The minimum atomic E-state index is -0.253. The second-order valence-electron chi connectivity index (χ2n) is 7.83. The van der Waals surface area contributed by atoms with Crippen LogP contribution >= 0.6 is 0 Å². The Kier molecular flexibility index (Phi) is 5.56. The molecule has 4 aromatic rings. The van der Waals surface area contributed by atoms with Gasteiger partial charge in [-0.2, -0.15) is 4.68 Å². The molecule has 0 aliphatic heterocycles. The van der Waals surface area contributed by atoms with Gasteiger partial charge in [-0.05, 0) is 45.1 Å². The Morgan fingerprint density at radius 2 is 1.77 bits per heavy atom. The molecule has 3 aromatic heterocycles. The zero-order valence-corrected chi connectivity index (χ0v) is 18.4. The molecule has 0 saturated carbocycles. The first kappa shape index (κ1) is 20.7. The number of benzene rings is 1. The molecule has 0 saturated heterocycles. The largest absolute Gasteiger partial charge is 0.411 e. The molecule has 3 N–H and O–H groups in total. The number of pyridine rings is 1. The van der Waals surface area contributed by atoms with E-state index in [9.17, 15) is 4.79 Å². The third kappa shape index (κ3) is 3.94. The van der Waals surface area contributed by atoms with Crippen LogP contribution in [0.4, 0.5) is 5.95 Å². The maximum Gasteiger partial charge on any atom is 0.411 e. The first-order chi connectivity index (χ1) is 14.9. The minimum absolute atomic E-state index is 0.250. The van der Waals surface area contributed by atoms with E-state index in [0.29, 0.717) is 12.2 Å². The van der Waals surface area contributed by atoms with Crippen molar-refractivity contribution in [3.63, 3.8) is 0 Å².